The number of aromatic nitrogens is 1. The first-order valence-corrected chi connectivity index (χ1v) is 13.3. The van der Waals surface area contributed by atoms with Gasteiger partial charge < -0.3 is 15.4 Å². The standard InChI is InChI=1S/C26H24ClF2N5O6S/c1-11-5-6-12(9-13(11)23(38)34(10-35)14-7-8-15(36)31-22(14)37)30-25(39)33-26(2,3)24-32-19-16(27)17(28)20(40-4)18(29)21(19)41-24/h5-6,9-10,14H,7-8H2,1-4H3,(H2,30,33,39)(H,31,36,37). The lowest BCUT2D eigenvalue weighted by molar-refractivity contribution is -0.139. The van der Waals surface area contributed by atoms with Crippen molar-refractivity contribution in [2.75, 3.05) is 12.4 Å². The molecule has 1 aliphatic heterocycles. The molecule has 15 heteroatoms. The second-order valence-corrected chi connectivity index (χ2v) is 11.1. The molecule has 1 atom stereocenters. The second-order valence-electron chi connectivity index (χ2n) is 9.69. The summed E-state index contributed by atoms with van der Waals surface area (Å²) in [5.74, 6) is -4.73. The van der Waals surface area contributed by atoms with E-state index in [0.29, 0.717) is 10.5 Å². The van der Waals surface area contributed by atoms with Gasteiger partial charge in [0, 0.05) is 17.7 Å². The Labute approximate surface area is 241 Å². The van der Waals surface area contributed by atoms with Crippen LogP contribution in [0.5, 0.6) is 5.75 Å². The average molecular weight is 608 g/mol. The van der Waals surface area contributed by atoms with Crippen LogP contribution in [0, 0.1) is 18.6 Å². The van der Waals surface area contributed by atoms with Crippen molar-refractivity contribution in [2.24, 2.45) is 0 Å². The van der Waals surface area contributed by atoms with Crippen LogP contribution in [0.15, 0.2) is 18.2 Å². The average Bonchev–Trinajstić information content (AvgIpc) is 3.37. The van der Waals surface area contributed by atoms with Crippen molar-refractivity contribution in [3.63, 3.8) is 0 Å². The van der Waals surface area contributed by atoms with Gasteiger partial charge in [0.2, 0.25) is 18.2 Å². The van der Waals surface area contributed by atoms with Gasteiger partial charge in [0.25, 0.3) is 5.91 Å². The summed E-state index contributed by atoms with van der Waals surface area (Å²) >= 11 is 6.90. The number of benzene rings is 2. The van der Waals surface area contributed by atoms with Crippen LogP contribution < -0.4 is 20.7 Å². The van der Waals surface area contributed by atoms with E-state index in [1.165, 1.54) is 12.1 Å². The minimum atomic E-state index is -1.18. The van der Waals surface area contributed by atoms with E-state index in [9.17, 15) is 32.8 Å². The Morgan fingerprint density at radius 2 is 1.98 bits per heavy atom. The van der Waals surface area contributed by atoms with E-state index < -0.39 is 57.7 Å². The molecule has 6 amide bonds. The Morgan fingerprint density at radius 3 is 2.61 bits per heavy atom. The summed E-state index contributed by atoms with van der Waals surface area (Å²) in [6, 6.07) is 2.54. The molecular formula is C26H24ClF2N5O6S. The highest BCUT2D eigenvalue weighted by molar-refractivity contribution is 7.18. The van der Waals surface area contributed by atoms with Crippen LogP contribution in [-0.4, -0.2) is 53.2 Å². The van der Waals surface area contributed by atoms with Crippen molar-refractivity contribution in [3.05, 3.63) is 51.0 Å². The van der Waals surface area contributed by atoms with Crippen molar-refractivity contribution in [2.45, 2.75) is 45.2 Å². The van der Waals surface area contributed by atoms with Crippen molar-refractivity contribution in [3.8, 4) is 5.75 Å². The normalized spacial score (nSPS) is 15.3. The smallest absolute Gasteiger partial charge is 0.319 e. The summed E-state index contributed by atoms with van der Waals surface area (Å²) in [4.78, 5) is 66.5. The van der Waals surface area contributed by atoms with Gasteiger partial charge in [0.05, 0.1) is 17.3 Å². The van der Waals surface area contributed by atoms with Gasteiger partial charge >= 0.3 is 6.03 Å². The number of anilines is 1. The fraction of sp³-hybridized carbons (Fsp3) is 0.308. The molecule has 2 heterocycles. The molecule has 4 rings (SSSR count). The molecule has 11 nitrogen and oxygen atoms in total. The van der Waals surface area contributed by atoms with Crippen LogP contribution >= 0.6 is 22.9 Å². The maximum Gasteiger partial charge on any atom is 0.319 e. The lowest BCUT2D eigenvalue weighted by Crippen LogP contribution is -2.53. The van der Waals surface area contributed by atoms with Crippen molar-refractivity contribution in [1.82, 2.24) is 20.5 Å². The molecule has 1 fully saturated rings. The molecule has 0 saturated carbocycles. The van der Waals surface area contributed by atoms with Crippen LogP contribution in [0.2, 0.25) is 5.02 Å². The van der Waals surface area contributed by atoms with E-state index >= 15 is 0 Å². The van der Waals surface area contributed by atoms with E-state index in [1.54, 1.807) is 26.8 Å². The Bertz CT molecular complexity index is 1610. The number of nitrogens with one attached hydrogen (secondary N) is 3. The number of aryl methyl sites for hydroxylation is 1. The molecule has 1 saturated heterocycles. The topological polar surface area (TPSA) is 147 Å². The summed E-state index contributed by atoms with van der Waals surface area (Å²) in [5, 5.41) is 7.20. The van der Waals surface area contributed by atoms with Gasteiger partial charge in [-0.3, -0.25) is 29.4 Å². The summed E-state index contributed by atoms with van der Waals surface area (Å²) in [5.41, 5.74) is -0.596. The highest BCUT2D eigenvalue weighted by atomic mass is 35.5. The molecule has 0 radical (unpaired) electrons. The number of amides is 6. The molecule has 216 valence electrons. The van der Waals surface area contributed by atoms with E-state index in [0.717, 1.165) is 18.4 Å². The van der Waals surface area contributed by atoms with Crippen LogP contribution in [0.4, 0.5) is 19.3 Å². The maximum atomic E-state index is 14.8. The van der Waals surface area contributed by atoms with E-state index in [2.05, 4.69) is 20.9 Å². The predicted molar refractivity (Wildman–Crippen MR) is 146 cm³/mol. The highest BCUT2D eigenvalue weighted by Gasteiger charge is 2.35. The SMILES string of the molecule is COc1c(F)c(Cl)c2nc(C(C)(C)NC(=O)Nc3ccc(C)c(C(=O)N(C=O)C4CCC(=O)NC4=O)c3)sc2c1F. The number of hydrogen-bond donors (Lipinski definition) is 3. The molecule has 3 aromatic rings. The Hall–Kier alpha value is -4.17. The van der Waals surface area contributed by atoms with Crippen molar-refractivity contribution < 1.29 is 37.5 Å². The molecule has 0 aliphatic carbocycles. The zero-order chi connectivity index (χ0) is 30.2. The first kappa shape index (κ1) is 29.8. The predicted octanol–water partition coefficient (Wildman–Crippen LogP) is 4.01. The van der Waals surface area contributed by atoms with E-state index in [1.807, 2.05) is 0 Å². The third kappa shape index (κ3) is 5.70. The van der Waals surface area contributed by atoms with Crippen LogP contribution in [0.3, 0.4) is 0 Å². The van der Waals surface area contributed by atoms with Gasteiger partial charge in [0.15, 0.2) is 17.4 Å². The number of carbonyl (C=O) groups is 5. The first-order valence-electron chi connectivity index (χ1n) is 12.1. The number of fused-ring (bicyclic) bond motifs is 1. The number of hydrogen-bond acceptors (Lipinski definition) is 8. The molecular weight excluding hydrogens is 584 g/mol. The minimum absolute atomic E-state index is 0.01000. The maximum absolute atomic E-state index is 14.8. The zero-order valence-corrected chi connectivity index (χ0v) is 23.8. The molecule has 0 bridgehead atoms. The fourth-order valence-electron chi connectivity index (χ4n) is 4.25. The number of rotatable bonds is 7. The Kier molecular flexibility index (Phi) is 8.27. The molecule has 2 aromatic carbocycles. The number of nitrogens with zero attached hydrogens (tertiary/aromatic N) is 2. The molecule has 0 spiro atoms. The van der Waals surface area contributed by atoms with Gasteiger partial charge in [-0.25, -0.2) is 18.6 Å². The number of piperidine rings is 1. The highest BCUT2D eigenvalue weighted by Crippen LogP contribution is 2.41. The molecule has 1 unspecified atom stereocenters. The van der Waals surface area contributed by atoms with Crippen LogP contribution in [0.1, 0.15) is 47.6 Å². The Balaban J connectivity index is 1.54. The van der Waals surface area contributed by atoms with Crippen LogP contribution in [-0.2, 0) is 19.9 Å². The largest absolute Gasteiger partial charge is 0.491 e. The van der Waals surface area contributed by atoms with Gasteiger partial charge in [0.1, 0.15) is 21.6 Å². The van der Waals surface area contributed by atoms with Gasteiger partial charge in [-0.1, -0.05) is 17.7 Å². The number of imide groups is 2. The molecule has 3 N–H and O–H groups in total. The zero-order valence-electron chi connectivity index (χ0n) is 22.2. The number of carbonyl (C=O) groups excluding carboxylic acids is 5. The number of thiazole rings is 1. The number of halogens is 3. The third-order valence-electron chi connectivity index (χ3n) is 6.41. The van der Waals surface area contributed by atoms with Gasteiger partial charge in [-0.15, -0.1) is 11.3 Å². The Morgan fingerprint density at radius 1 is 1.27 bits per heavy atom. The minimum Gasteiger partial charge on any atom is -0.491 e. The monoisotopic (exact) mass is 607 g/mol. The first-order chi connectivity index (χ1) is 19.3. The second kappa shape index (κ2) is 11.4. The van der Waals surface area contributed by atoms with Crippen molar-refractivity contribution >= 4 is 69.0 Å². The fourth-order valence-corrected chi connectivity index (χ4v) is 5.59. The lowest BCUT2D eigenvalue weighted by atomic mass is 10.0. The molecule has 1 aromatic heterocycles. The molecule has 41 heavy (non-hydrogen) atoms. The quantitative estimate of drug-likeness (QED) is 0.209. The lowest BCUT2D eigenvalue weighted by Gasteiger charge is -2.28. The number of methoxy groups -OCH3 is 1. The molecule has 1 aliphatic rings. The summed E-state index contributed by atoms with van der Waals surface area (Å²) in [6.45, 7) is 4.80. The number of urea groups is 1. The summed E-state index contributed by atoms with van der Waals surface area (Å²) in [7, 11) is 1.11. The summed E-state index contributed by atoms with van der Waals surface area (Å²) < 4.78 is 33.9. The van der Waals surface area contributed by atoms with Crippen LogP contribution in [0.25, 0.3) is 10.2 Å². The van der Waals surface area contributed by atoms with Gasteiger partial charge in [-0.05, 0) is 44.9 Å². The number of ether oxygens (including phenoxy) is 1. The van der Waals surface area contributed by atoms with E-state index in [4.69, 9.17) is 16.3 Å². The summed E-state index contributed by atoms with van der Waals surface area (Å²) in [6.07, 6.45) is 0.191. The van der Waals surface area contributed by atoms with E-state index in [-0.39, 0.29) is 45.7 Å². The van der Waals surface area contributed by atoms with Gasteiger partial charge in [-0.2, -0.15) is 0 Å². The third-order valence-corrected chi connectivity index (χ3v) is 8.13. The van der Waals surface area contributed by atoms with Crippen molar-refractivity contribution in [1.29, 1.82) is 0 Å².